The summed E-state index contributed by atoms with van der Waals surface area (Å²) in [6.07, 6.45) is 1.92. The third kappa shape index (κ3) is 5.59. The van der Waals surface area contributed by atoms with Gasteiger partial charge >= 0.3 is 0 Å². The van der Waals surface area contributed by atoms with Gasteiger partial charge in [-0.25, -0.2) is 9.97 Å². The second-order valence-electron chi connectivity index (χ2n) is 9.92. The number of hydrogen-bond donors (Lipinski definition) is 0. The van der Waals surface area contributed by atoms with Crippen LogP contribution in [0.1, 0.15) is 12.5 Å². The quantitative estimate of drug-likeness (QED) is 0.240. The maximum Gasteiger partial charge on any atom is 0.227 e. The SMILES string of the molecule is CCOc1cc2ncnc(N3CCN(C(=O)Cc4ccc(Oc5cccc6ccccc56)cc4)CC3)c2cc1OC. The van der Waals surface area contributed by atoms with Crippen LogP contribution in [-0.2, 0) is 11.2 Å². The van der Waals surface area contributed by atoms with Crippen LogP contribution >= 0.6 is 0 Å². The molecule has 0 saturated carbocycles. The average molecular weight is 549 g/mol. The molecule has 2 heterocycles. The Balaban J connectivity index is 1.08. The summed E-state index contributed by atoms with van der Waals surface area (Å²) in [4.78, 5) is 26.3. The molecular formula is C33H32N4O4. The van der Waals surface area contributed by atoms with Crippen LogP contribution in [-0.4, -0.2) is 60.7 Å². The van der Waals surface area contributed by atoms with Crippen LogP contribution in [0, 0.1) is 0 Å². The molecule has 4 aromatic carbocycles. The molecule has 8 nitrogen and oxygen atoms in total. The summed E-state index contributed by atoms with van der Waals surface area (Å²) in [6, 6.07) is 25.8. The van der Waals surface area contributed by atoms with E-state index in [1.165, 1.54) is 0 Å². The molecule has 0 unspecified atom stereocenters. The number of methoxy groups -OCH3 is 1. The van der Waals surface area contributed by atoms with Crippen molar-refractivity contribution in [2.75, 3.05) is 44.8 Å². The predicted octanol–water partition coefficient (Wildman–Crippen LogP) is 5.87. The van der Waals surface area contributed by atoms with E-state index in [4.69, 9.17) is 14.2 Å². The Morgan fingerprint density at radius 1 is 0.829 bits per heavy atom. The van der Waals surface area contributed by atoms with E-state index < -0.39 is 0 Å². The van der Waals surface area contributed by atoms with E-state index >= 15 is 0 Å². The number of benzene rings is 4. The monoisotopic (exact) mass is 548 g/mol. The third-order valence-corrected chi connectivity index (χ3v) is 7.39. The molecule has 8 heteroatoms. The zero-order valence-corrected chi connectivity index (χ0v) is 23.2. The molecule has 0 aliphatic carbocycles. The molecule has 0 bridgehead atoms. The number of rotatable bonds is 8. The van der Waals surface area contributed by atoms with Gasteiger partial charge in [-0.15, -0.1) is 0 Å². The van der Waals surface area contributed by atoms with Crippen LogP contribution in [0.5, 0.6) is 23.0 Å². The van der Waals surface area contributed by atoms with Crippen molar-refractivity contribution in [3.05, 3.63) is 90.8 Å². The largest absolute Gasteiger partial charge is 0.493 e. The maximum atomic E-state index is 13.1. The first-order chi connectivity index (χ1) is 20.1. The van der Waals surface area contributed by atoms with Crippen molar-refractivity contribution in [2.24, 2.45) is 0 Å². The van der Waals surface area contributed by atoms with Gasteiger partial charge in [0.2, 0.25) is 5.91 Å². The fourth-order valence-electron chi connectivity index (χ4n) is 5.27. The topological polar surface area (TPSA) is 77.0 Å². The second kappa shape index (κ2) is 11.7. The molecule has 5 aromatic rings. The van der Waals surface area contributed by atoms with Gasteiger partial charge in [-0.3, -0.25) is 4.79 Å². The number of aromatic nitrogens is 2. The summed E-state index contributed by atoms with van der Waals surface area (Å²) < 4.78 is 17.4. The fraction of sp³-hybridized carbons (Fsp3) is 0.242. The van der Waals surface area contributed by atoms with Crippen molar-refractivity contribution in [1.82, 2.24) is 14.9 Å². The van der Waals surface area contributed by atoms with Crippen LogP contribution in [0.4, 0.5) is 5.82 Å². The maximum absolute atomic E-state index is 13.1. The normalized spacial score (nSPS) is 13.4. The molecule has 0 radical (unpaired) electrons. The molecule has 0 atom stereocenters. The van der Waals surface area contributed by atoms with Gasteiger partial charge in [0.05, 0.1) is 25.7 Å². The van der Waals surface area contributed by atoms with E-state index in [0.29, 0.717) is 50.7 Å². The van der Waals surface area contributed by atoms with Gasteiger partial charge in [-0.1, -0.05) is 48.5 Å². The van der Waals surface area contributed by atoms with Crippen LogP contribution in [0.2, 0.25) is 0 Å². The lowest BCUT2D eigenvalue weighted by molar-refractivity contribution is -0.130. The first-order valence-electron chi connectivity index (χ1n) is 13.9. The molecular weight excluding hydrogens is 516 g/mol. The molecule has 1 aromatic heterocycles. The molecule has 1 amide bonds. The average Bonchev–Trinajstić information content (AvgIpc) is 3.02. The molecule has 41 heavy (non-hydrogen) atoms. The van der Waals surface area contributed by atoms with E-state index in [-0.39, 0.29) is 5.91 Å². The molecule has 0 N–H and O–H groups in total. The number of fused-ring (bicyclic) bond motifs is 2. The molecule has 6 rings (SSSR count). The number of anilines is 1. The zero-order chi connectivity index (χ0) is 28.2. The van der Waals surface area contributed by atoms with Crippen molar-refractivity contribution in [2.45, 2.75) is 13.3 Å². The van der Waals surface area contributed by atoms with E-state index in [1.807, 2.05) is 72.5 Å². The van der Waals surface area contributed by atoms with Gasteiger partial charge in [0.25, 0.3) is 0 Å². The van der Waals surface area contributed by atoms with Crippen molar-refractivity contribution in [3.8, 4) is 23.0 Å². The Hall–Kier alpha value is -4.85. The van der Waals surface area contributed by atoms with Gasteiger partial charge in [0, 0.05) is 43.0 Å². The molecule has 0 spiro atoms. The number of carbonyl (C=O) groups excluding carboxylic acids is 1. The molecule has 1 aliphatic heterocycles. The minimum Gasteiger partial charge on any atom is -0.493 e. The van der Waals surface area contributed by atoms with Gasteiger partial charge in [-0.2, -0.15) is 0 Å². The molecule has 1 fully saturated rings. The summed E-state index contributed by atoms with van der Waals surface area (Å²) in [5.74, 6) is 3.82. The van der Waals surface area contributed by atoms with Gasteiger partial charge in [0.1, 0.15) is 23.6 Å². The Morgan fingerprint density at radius 2 is 1.61 bits per heavy atom. The van der Waals surface area contributed by atoms with E-state index in [1.54, 1.807) is 13.4 Å². The highest BCUT2D eigenvalue weighted by molar-refractivity contribution is 5.92. The van der Waals surface area contributed by atoms with E-state index in [2.05, 4.69) is 33.1 Å². The number of nitrogens with zero attached hydrogens (tertiary/aromatic N) is 4. The summed E-state index contributed by atoms with van der Waals surface area (Å²) in [5, 5.41) is 3.10. The smallest absolute Gasteiger partial charge is 0.227 e. The third-order valence-electron chi connectivity index (χ3n) is 7.39. The highest BCUT2D eigenvalue weighted by atomic mass is 16.5. The van der Waals surface area contributed by atoms with Crippen molar-refractivity contribution in [1.29, 1.82) is 0 Å². The number of piperazine rings is 1. The van der Waals surface area contributed by atoms with Gasteiger partial charge in [0.15, 0.2) is 11.5 Å². The summed E-state index contributed by atoms with van der Waals surface area (Å²) in [5.41, 5.74) is 1.76. The van der Waals surface area contributed by atoms with Gasteiger partial charge in [-0.05, 0) is 42.1 Å². The van der Waals surface area contributed by atoms with E-state index in [9.17, 15) is 4.79 Å². The number of amides is 1. The number of hydrogen-bond acceptors (Lipinski definition) is 7. The Bertz CT molecular complexity index is 1680. The molecule has 1 aliphatic rings. The van der Waals surface area contributed by atoms with Crippen molar-refractivity contribution in [3.63, 3.8) is 0 Å². The van der Waals surface area contributed by atoms with Crippen LogP contribution in [0.25, 0.3) is 21.7 Å². The zero-order valence-electron chi connectivity index (χ0n) is 23.2. The van der Waals surface area contributed by atoms with Crippen LogP contribution < -0.4 is 19.1 Å². The standard InChI is InChI=1S/C33H32N4O4/c1-3-40-31-21-28-27(20-30(31)39-2)33(35-22-34-28)37-17-15-36(16-18-37)32(38)19-23-11-13-25(14-12-23)41-29-10-6-8-24-7-4-5-9-26(24)29/h4-14,20-22H,3,15-19H2,1-2H3. The summed E-state index contributed by atoms with van der Waals surface area (Å²) in [7, 11) is 1.63. The highest BCUT2D eigenvalue weighted by Crippen LogP contribution is 2.35. The Kier molecular flexibility index (Phi) is 7.54. The summed E-state index contributed by atoms with van der Waals surface area (Å²) >= 11 is 0. The van der Waals surface area contributed by atoms with Gasteiger partial charge < -0.3 is 24.0 Å². The first kappa shape index (κ1) is 26.4. The molecule has 208 valence electrons. The summed E-state index contributed by atoms with van der Waals surface area (Å²) in [6.45, 7) is 5.10. The molecule has 1 saturated heterocycles. The van der Waals surface area contributed by atoms with Crippen LogP contribution in [0.15, 0.2) is 85.2 Å². The predicted molar refractivity (Wildman–Crippen MR) is 160 cm³/mol. The Labute approximate surface area is 239 Å². The Morgan fingerprint density at radius 3 is 2.39 bits per heavy atom. The van der Waals surface area contributed by atoms with Crippen molar-refractivity contribution < 1.29 is 19.0 Å². The number of carbonyl (C=O) groups is 1. The lowest BCUT2D eigenvalue weighted by atomic mass is 10.1. The van der Waals surface area contributed by atoms with E-state index in [0.717, 1.165) is 44.6 Å². The minimum atomic E-state index is 0.114. The van der Waals surface area contributed by atoms with Crippen LogP contribution in [0.3, 0.4) is 0 Å². The second-order valence-corrected chi connectivity index (χ2v) is 9.92. The fourth-order valence-corrected chi connectivity index (χ4v) is 5.27. The lowest BCUT2D eigenvalue weighted by Crippen LogP contribution is -2.49. The first-order valence-corrected chi connectivity index (χ1v) is 13.9. The minimum absolute atomic E-state index is 0.114. The van der Waals surface area contributed by atoms with Crippen molar-refractivity contribution >= 4 is 33.4 Å². The number of ether oxygens (including phenoxy) is 3. The highest BCUT2D eigenvalue weighted by Gasteiger charge is 2.24. The lowest BCUT2D eigenvalue weighted by Gasteiger charge is -2.36.